The number of nitrogens with one attached hydrogen (secondary N) is 1. The van der Waals surface area contributed by atoms with Crippen molar-refractivity contribution in [1.29, 1.82) is 0 Å². The highest BCUT2D eigenvalue weighted by molar-refractivity contribution is 7.90. The fourth-order valence-corrected chi connectivity index (χ4v) is 3.63. The van der Waals surface area contributed by atoms with Crippen LogP contribution in [0.1, 0.15) is 19.8 Å². The highest BCUT2D eigenvalue weighted by Crippen LogP contribution is 2.29. The van der Waals surface area contributed by atoms with Crippen molar-refractivity contribution in [2.45, 2.75) is 24.7 Å². The van der Waals surface area contributed by atoms with Crippen LogP contribution in [-0.2, 0) is 9.84 Å². The molecule has 1 heterocycles. The van der Waals surface area contributed by atoms with Crippen molar-refractivity contribution in [3.05, 3.63) is 18.2 Å². The molecule has 0 spiro atoms. The van der Waals surface area contributed by atoms with Gasteiger partial charge in [0, 0.05) is 25.0 Å². The highest BCUT2D eigenvalue weighted by Gasteiger charge is 2.20. The van der Waals surface area contributed by atoms with E-state index in [1.165, 1.54) is 12.7 Å². The van der Waals surface area contributed by atoms with E-state index in [4.69, 9.17) is 18.0 Å². The molecule has 0 amide bonds. The number of piperidine rings is 1. The van der Waals surface area contributed by atoms with Crippen molar-refractivity contribution in [3.63, 3.8) is 0 Å². The van der Waals surface area contributed by atoms with Crippen LogP contribution >= 0.6 is 12.2 Å². The molecule has 1 unspecified atom stereocenters. The Labute approximate surface area is 131 Å². The van der Waals surface area contributed by atoms with Crippen LogP contribution in [0.4, 0.5) is 11.4 Å². The smallest absolute Gasteiger partial charge is 0.177 e. The first kappa shape index (κ1) is 16.0. The third-order valence-corrected chi connectivity index (χ3v) is 4.90. The van der Waals surface area contributed by atoms with Gasteiger partial charge in [0.25, 0.3) is 0 Å². The van der Waals surface area contributed by atoms with Gasteiger partial charge in [-0.15, -0.1) is 0 Å². The van der Waals surface area contributed by atoms with Crippen LogP contribution < -0.4 is 16.0 Å². The van der Waals surface area contributed by atoms with Crippen LogP contribution in [0.3, 0.4) is 0 Å². The molecular weight excluding hydrogens is 306 g/mol. The molecule has 2 rings (SSSR count). The maximum Gasteiger partial charge on any atom is 0.177 e. The molecule has 1 aromatic carbocycles. The van der Waals surface area contributed by atoms with Crippen molar-refractivity contribution < 1.29 is 8.42 Å². The Kier molecular flexibility index (Phi) is 4.73. The van der Waals surface area contributed by atoms with E-state index < -0.39 is 9.84 Å². The van der Waals surface area contributed by atoms with Crippen LogP contribution in [0.2, 0.25) is 0 Å². The summed E-state index contributed by atoms with van der Waals surface area (Å²) in [7, 11) is -3.33. The van der Waals surface area contributed by atoms with E-state index >= 15 is 0 Å². The van der Waals surface area contributed by atoms with Crippen molar-refractivity contribution >= 4 is 38.5 Å². The lowest BCUT2D eigenvalue weighted by Gasteiger charge is -2.33. The van der Waals surface area contributed by atoms with E-state index in [1.807, 2.05) is 12.1 Å². The molecule has 0 aromatic heterocycles. The second-order valence-electron chi connectivity index (χ2n) is 5.64. The van der Waals surface area contributed by atoms with E-state index in [0.717, 1.165) is 25.2 Å². The van der Waals surface area contributed by atoms with Crippen molar-refractivity contribution in [1.82, 2.24) is 0 Å². The summed E-state index contributed by atoms with van der Waals surface area (Å²) in [5.41, 5.74) is 6.94. The lowest BCUT2D eigenvalue weighted by molar-refractivity contribution is 0.447. The molecule has 7 heteroatoms. The molecule has 1 atom stereocenters. The van der Waals surface area contributed by atoms with E-state index in [1.54, 1.807) is 6.07 Å². The maximum atomic E-state index is 11.8. The number of hydrogen-bond donors (Lipinski definition) is 2. The molecular formula is C14H21N3O2S2. The van der Waals surface area contributed by atoms with Crippen molar-refractivity contribution in [2.75, 3.05) is 29.6 Å². The van der Waals surface area contributed by atoms with Crippen LogP contribution in [0.25, 0.3) is 0 Å². The van der Waals surface area contributed by atoms with Gasteiger partial charge in [-0.1, -0.05) is 6.92 Å². The first-order valence-electron chi connectivity index (χ1n) is 6.93. The number of benzene rings is 1. The summed E-state index contributed by atoms with van der Waals surface area (Å²) in [4.78, 5) is 2.48. The molecule has 0 aliphatic carbocycles. The Balaban J connectivity index is 2.39. The molecule has 5 nitrogen and oxygen atoms in total. The number of thiocarbonyl (C=S) groups is 1. The Morgan fingerprint density at radius 2 is 2.19 bits per heavy atom. The van der Waals surface area contributed by atoms with Crippen molar-refractivity contribution in [3.8, 4) is 0 Å². The molecule has 1 saturated heterocycles. The molecule has 0 bridgehead atoms. The van der Waals surface area contributed by atoms with Gasteiger partial charge in [0.2, 0.25) is 0 Å². The average molecular weight is 327 g/mol. The van der Waals surface area contributed by atoms with Crippen LogP contribution in [-0.4, -0.2) is 32.9 Å². The third-order valence-electron chi connectivity index (χ3n) is 3.64. The zero-order valence-corrected chi connectivity index (χ0v) is 13.9. The van der Waals surface area contributed by atoms with Gasteiger partial charge >= 0.3 is 0 Å². The molecule has 116 valence electrons. The topological polar surface area (TPSA) is 75.4 Å². The maximum absolute atomic E-state index is 11.8. The second-order valence-corrected chi connectivity index (χ2v) is 8.06. The first-order chi connectivity index (χ1) is 9.77. The molecule has 21 heavy (non-hydrogen) atoms. The molecule has 0 saturated carbocycles. The number of rotatable bonds is 3. The third kappa shape index (κ3) is 4.07. The largest absolute Gasteiger partial charge is 0.376 e. The Morgan fingerprint density at radius 3 is 2.76 bits per heavy atom. The van der Waals surface area contributed by atoms with Crippen molar-refractivity contribution in [2.24, 2.45) is 11.7 Å². The minimum Gasteiger partial charge on any atom is -0.376 e. The lowest BCUT2D eigenvalue weighted by Crippen LogP contribution is -2.34. The van der Waals surface area contributed by atoms with E-state index in [-0.39, 0.29) is 10.0 Å². The summed E-state index contributed by atoms with van der Waals surface area (Å²) in [6.45, 7) is 4.19. The number of sulfone groups is 1. The molecule has 3 N–H and O–H groups in total. The number of anilines is 2. The van der Waals surface area contributed by atoms with Gasteiger partial charge in [0.1, 0.15) is 0 Å². The van der Waals surface area contributed by atoms with Gasteiger partial charge in [-0.25, -0.2) is 8.42 Å². The van der Waals surface area contributed by atoms with Gasteiger partial charge in [0.15, 0.2) is 14.9 Å². The minimum absolute atomic E-state index is 0.0593. The number of hydrogen-bond acceptors (Lipinski definition) is 4. The molecule has 1 fully saturated rings. The quantitative estimate of drug-likeness (QED) is 0.827. The summed E-state index contributed by atoms with van der Waals surface area (Å²) in [5.74, 6) is 0.639. The van der Waals surface area contributed by atoms with E-state index in [0.29, 0.717) is 11.6 Å². The fraction of sp³-hybridized carbons (Fsp3) is 0.500. The van der Waals surface area contributed by atoms with Crippen LogP contribution in [0, 0.1) is 5.92 Å². The summed E-state index contributed by atoms with van der Waals surface area (Å²) in [6.07, 6.45) is 3.55. The zero-order chi connectivity index (χ0) is 15.6. The molecule has 0 radical (unpaired) electrons. The molecule has 1 aliphatic heterocycles. The zero-order valence-electron chi connectivity index (χ0n) is 12.3. The second kappa shape index (κ2) is 6.19. The molecule has 1 aromatic rings. The predicted molar refractivity (Wildman–Crippen MR) is 90.6 cm³/mol. The SMILES string of the molecule is CC1CCCN(c2ccc(S(C)(=O)=O)c(NC(N)=S)c2)C1. The number of nitrogens with zero attached hydrogens (tertiary/aromatic N) is 1. The Morgan fingerprint density at radius 1 is 1.48 bits per heavy atom. The highest BCUT2D eigenvalue weighted by atomic mass is 32.2. The molecule has 1 aliphatic rings. The Hall–Kier alpha value is -1.34. The summed E-state index contributed by atoms with van der Waals surface area (Å²) >= 11 is 4.84. The van der Waals surface area contributed by atoms with Crippen LogP contribution in [0.15, 0.2) is 23.1 Å². The fourth-order valence-electron chi connectivity index (χ4n) is 2.69. The monoisotopic (exact) mass is 327 g/mol. The van der Waals surface area contributed by atoms with Crippen LogP contribution in [0.5, 0.6) is 0 Å². The lowest BCUT2D eigenvalue weighted by atomic mass is 10.00. The van der Waals surface area contributed by atoms with Gasteiger partial charge in [-0.2, -0.15) is 0 Å². The summed E-state index contributed by atoms with van der Waals surface area (Å²) in [6, 6.07) is 5.28. The van der Waals surface area contributed by atoms with Gasteiger partial charge < -0.3 is 16.0 Å². The first-order valence-corrected chi connectivity index (χ1v) is 9.23. The van der Waals surface area contributed by atoms with E-state index in [2.05, 4.69) is 17.1 Å². The summed E-state index contributed by atoms with van der Waals surface area (Å²) in [5, 5.41) is 2.83. The van der Waals surface area contributed by atoms with Gasteiger partial charge in [-0.3, -0.25) is 0 Å². The normalized spacial score (nSPS) is 19.3. The van der Waals surface area contributed by atoms with Gasteiger partial charge in [0.05, 0.1) is 10.6 Å². The number of nitrogens with two attached hydrogens (primary N) is 1. The average Bonchev–Trinajstić information content (AvgIpc) is 2.36. The minimum atomic E-state index is -3.33. The van der Waals surface area contributed by atoms with Gasteiger partial charge in [-0.05, 0) is 49.2 Å². The Bertz CT molecular complexity index is 644. The standard InChI is InChI=1S/C14H21N3O2S2/c1-10-4-3-7-17(9-10)11-5-6-13(21(2,18)19)12(8-11)16-14(15)20/h5-6,8,10H,3-4,7,9H2,1-2H3,(H3,15,16,20). The summed E-state index contributed by atoms with van der Waals surface area (Å²) < 4.78 is 23.7. The predicted octanol–water partition coefficient (Wildman–Crippen LogP) is 1.98. The van der Waals surface area contributed by atoms with E-state index in [9.17, 15) is 8.42 Å².